The number of phenols is 1. The molecule has 0 bridgehead atoms. The zero-order valence-electron chi connectivity index (χ0n) is 15.7. The van der Waals surface area contributed by atoms with Gasteiger partial charge in [-0.25, -0.2) is 4.39 Å². The Kier molecular flexibility index (Phi) is 6.01. The lowest BCUT2D eigenvalue weighted by molar-refractivity contribution is 0.370. The van der Waals surface area contributed by atoms with Crippen LogP contribution >= 0.6 is 0 Å². The minimum Gasteiger partial charge on any atom is -0.508 e. The molecule has 2 aromatic rings. The lowest BCUT2D eigenvalue weighted by Crippen LogP contribution is -2.52. The maximum absolute atomic E-state index is 14.0. The standard InChI is InChI=1S/C20H25FN4O2/c1-22-20(23-14-15-13-16(27-2)7-8-19(15)26)25-11-9-24(10-12-25)18-6-4-3-5-17(18)21/h3-8,13,26H,9-12,14H2,1-2H3,(H,22,23). The van der Waals surface area contributed by atoms with Crippen LogP contribution in [0, 0.1) is 5.82 Å². The predicted molar refractivity (Wildman–Crippen MR) is 105 cm³/mol. The van der Waals surface area contributed by atoms with Gasteiger partial charge in [-0.05, 0) is 30.3 Å². The molecule has 1 aliphatic heterocycles. The number of aliphatic imine (C=N–C) groups is 1. The molecule has 144 valence electrons. The molecular weight excluding hydrogens is 347 g/mol. The Bertz CT molecular complexity index is 804. The van der Waals surface area contributed by atoms with Gasteiger partial charge in [0.05, 0.1) is 12.8 Å². The van der Waals surface area contributed by atoms with Gasteiger partial charge < -0.3 is 25.0 Å². The van der Waals surface area contributed by atoms with Gasteiger partial charge >= 0.3 is 0 Å². The van der Waals surface area contributed by atoms with Crippen molar-refractivity contribution in [2.24, 2.45) is 4.99 Å². The van der Waals surface area contributed by atoms with Crippen molar-refractivity contribution in [1.29, 1.82) is 0 Å². The third kappa shape index (κ3) is 4.42. The highest BCUT2D eigenvalue weighted by atomic mass is 19.1. The van der Waals surface area contributed by atoms with Gasteiger partial charge in [0.1, 0.15) is 17.3 Å². The van der Waals surface area contributed by atoms with Crippen LogP contribution in [0.5, 0.6) is 11.5 Å². The summed E-state index contributed by atoms with van der Waals surface area (Å²) >= 11 is 0. The Balaban J connectivity index is 1.59. The lowest BCUT2D eigenvalue weighted by Gasteiger charge is -2.37. The number of hydrogen-bond donors (Lipinski definition) is 2. The van der Waals surface area contributed by atoms with Crippen LogP contribution in [0.2, 0.25) is 0 Å². The third-order valence-corrected chi connectivity index (χ3v) is 4.71. The van der Waals surface area contributed by atoms with E-state index in [-0.39, 0.29) is 11.6 Å². The number of para-hydroxylation sites is 1. The van der Waals surface area contributed by atoms with Crippen molar-refractivity contribution in [1.82, 2.24) is 10.2 Å². The lowest BCUT2D eigenvalue weighted by atomic mass is 10.2. The summed E-state index contributed by atoms with van der Waals surface area (Å²) in [6.45, 7) is 3.33. The maximum atomic E-state index is 14.0. The highest BCUT2D eigenvalue weighted by Gasteiger charge is 2.21. The molecule has 0 atom stereocenters. The summed E-state index contributed by atoms with van der Waals surface area (Å²) in [6, 6.07) is 12.0. The second-order valence-electron chi connectivity index (χ2n) is 6.32. The second kappa shape index (κ2) is 8.62. The van der Waals surface area contributed by atoms with Gasteiger partial charge in [-0.2, -0.15) is 0 Å². The van der Waals surface area contributed by atoms with E-state index in [2.05, 4.69) is 15.2 Å². The van der Waals surface area contributed by atoms with Gasteiger partial charge in [-0.15, -0.1) is 0 Å². The molecule has 0 unspecified atom stereocenters. The predicted octanol–water partition coefficient (Wildman–Crippen LogP) is 2.44. The molecule has 2 aromatic carbocycles. The van der Waals surface area contributed by atoms with Crippen molar-refractivity contribution in [3.8, 4) is 11.5 Å². The monoisotopic (exact) mass is 372 g/mol. The summed E-state index contributed by atoms with van der Waals surface area (Å²) in [4.78, 5) is 8.52. The molecule has 7 heteroatoms. The first-order valence-electron chi connectivity index (χ1n) is 8.93. The van der Waals surface area contributed by atoms with E-state index in [4.69, 9.17) is 4.74 Å². The minimum absolute atomic E-state index is 0.193. The Morgan fingerprint density at radius 3 is 2.59 bits per heavy atom. The molecule has 0 saturated carbocycles. The number of hydrogen-bond acceptors (Lipinski definition) is 4. The molecule has 0 amide bonds. The number of phenolic OH excluding ortho intramolecular Hbond substituents is 1. The first kappa shape index (κ1) is 18.8. The molecule has 0 spiro atoms. The fourth-order valence-corrected chi connectivity index (χ4v) is 3.20. The van der Waals surface area contributed by atoms with Crippen LogP contribution in [-0.4, -0.2) is 56.3 Å². The summed E-state index contributed by atoms with van der Waals surface area (Å²) in [7, 11) is 3.33. The molecule has 6 nitrogen and oxygen atoms in total. The van der Waals surface area contributed by atoms with Crippen LogP contribution in [-0.2, 0) is 6.54 Å². The fraction of sp³-hybridized carbons (Fsp3) is 0.350. The van der Waals surface area contributed by atoms with Crippen LogP contribution in [0.15, 0.2) is 47.5 Å². The zero-order valence-corrected chi connectivity index (χ0v) is 15.7. The summed E-state index contributed by atoms with van der Waals surface area (Å²) < 4.78 is 19.2. The van der Waals surface area contributed by atoms with Crippen molar-refractivity contribution in [2.75, 3.05) is 45.2 Å². The molecule has 0 aliphatic carbocycles. The van der Waals surface area contributed by atoms with E-state index in [1.165, 1.54) is 6.07 Å². The third-order valence-electron chi connectivity index (χ3n) is 4.71. The van der Waals surface area contributed by atoms with Crippen molar-refractivity contribution < 1.29 is 14.2 Å². The van der Waals surface area contributed by atoms with E-state index in [1.807, 2.05) is 17.0 Å². The van der Waals surface area contributed by atoms with Crippen LogP contribution in [0.25, 0.3) is 0 Å². The number of anilines is 1. The van der Waals surface area contributed by atoms with Gasteiger partial charge in [0.25, 0.3) is 0 Å². The number of ether oxygens (including phenoxy) is 1. The van der Waals surface area contributed by atoms with Crippen LogP contribution in [0.4, 0.5) is 10.1 Å². The summed E-state index contributed by atoms with van der Waals surface area (Å²) in [5.74, 6) is 1.47. The fourth-order valence-electron chi connectivity index (χ4n) is 3.20. The van der Waals surface area contributed by atoms with E-state index in [0.29, 0.717) is 31.1 Å². The van der Waals surface area contributed by atoms with Crippen LogP contribution < -0.4 is 15.0 Å². The quantitative estimate of drug-likeness (QED) is 0.638. The number of piperazine rings is 1. The summed E-state index contributed by atoms with van der Waals surface area (Å²) in [5.41, 5.74) is 1.38. The molecule has 0 aromatic heterocycles. The molecule has 27 heavy (non-hydrogen) atoms. The number of guanidine groups is 1. The normalized spacial score (nSPS) is 15.0. The van der Waals surface area contributed by atoms with Crippen molar-refractivity contribution in [3.63, 3.8) is 0 Å². The van der Waals surface area contributed by atoms with Crippen molar-refractivity contribution >= 4 is 11.6 Å². The Hall–Kier alpha value is -2.96. The number of aromatic hydroxyl groups is 1. The number of nitrogens with one attached hydrogen (secondary N) is 1. The highest BCUT2D eigenvalue weighted by Crippen LogP contribution is 2.23. The van der Waals surface area contributed by atoms with E-state index < -0.39 is 0 Å². The van der Waals surface area contributed by atoms with Gasteiger partial charge in [0.2, 0.25) is 0 Å². The smallest absolute Gasteiger partial charge is 0.194 e. The first-order chi connectivity index (χ1) is 13.1. The molecule has 1 fully saturated rings. The number of benzene rings is 2. The molecule has 0 radical (unpaired) electrons. The first-order valence-corrected chi connectivity index (χ1v) is 8.93. The van der Waals surface area contributed by atoms with Crippen molar-refractivity contribution in [2.45, 2.75) is 6.54 Å². The van der Waals surface area contributed by atoms with E-state index in [9.17, 15) is 9.50 Å². The Morgan fingerprint density at radius 1 is 1.19 bits per heavy atom. The van der Waals surface area contributed by atoms with Gasteiger partial charge in [-0.1, -0.05) is 12.1 Å². The molecule has 3 rings (SSSR count). The van der Waals surface area contributed by atoms with Gasteiger partial charge in [-0.3, -0.25) is 4.99 Å². The largest absolute Gasteiger partial charge is 0.508 e. The van der Waals surface area contributed by atoms with Gasteiger partial charge in [0.15, 0.2) is 5.96 Å². The number of halogens is 1. The zero-order chi connectivity index (χ0) is 19.2. The minimum atomic E-state index is -0.193. The molecule has 1 aliphatic rings. The number of methoxy groups -OCH3 is 1. The van der Waals surface area contributed by atoms with Gasteiger partial charge in [0, 0.05) is 45.3 Å². The van der Waals surface area contributed by atoms with Crippen LogP contribution in [0.3, 0.4) is 0 Å². The number of nitrogens with zero attached hydrogens (tertiary/aromatic N) is 3. The second-order valence-corrected chi connectivity index (χ2v) is 6.32. The van der Waals surface area contributed by atoms with Crippen molar-refractivity contribution in [3.05, 3.63) is 53.8 Å². The Labute approximate surface area is 158 Å². The molecule has 1 heterocycles. The topological polar surface area (TPSA) is 60.3 Å². The summed E-state index contributed by atoms with van der Waals surface area (Å²) in [5, 5.41) is 13.3. The highest BCUT2D eigenvalue weighted by molar-refractivity contribution is 5.80. The molecular formula is C20H25FN4O2. The average molecular weight is 372 g/mol. The summed E-state index contributed by atoms with van der Waals surface area (Å²) in [6.07, 6.45) is 0. The van der Waals surface area contributed by atoms with E-state index in [0.717, 1.165) is 24.6 Å². The Morgan fingerprint density at radius 2 is 1.93 bits per heavy atom. The molecule has 1 saturated heterocycles. The maximum Gasteiger partial charge on any atom is 0.194 e. The average Bonchev–Trinajstić information content (AvgIpc) is 2.70. The van der Waals surface area contributed by atoms with E-state index in [1.54, 1.807) is 38.4 Å². The van der Waals surface area contributed by atoms with Crippen LogP contribution in [0.1, 0.15) is 5.56 Å². The van der Waals surface area contributed by atoms with E-state index >= 15 is 0 Å². The number of rotatable bonds is 4. The SMILES string of the molecule is CN=C(NCc1cc(OC)ccc1O)N1CCN(c2ccccc2F)CC1. The molecule has 2 N–H and O–H groups in total.